The largest absolute Gasteiger partial charge is 0.440 e. The fourth-order valence-corrected chi connectivity index (χ4v) is 2.13. The molecule has 2 rings (SSSR count). The molecule has 4 nitrogen and oxygen atoms in total. The lowest BCUT2D eigenvalue weighted by Crippen LogP contribution is -2.00. The van der Waals surface area contributed by atoms with Crippen molar-refractivity contribution < 1.29 is 4.42 Å². The van der Waals surface area contributed by atoms with Crippen LogP contribution in [0.1, 0.15) is 18.3 Å². The summed E-state index contributed by atoms with van der Waals surface area (Å²) in [5, 5.41) is 3.88. The van der Waals surface area contributed by atoms with E-state index in [1.807, 2.05) is 25.1 Å². The number of nitrogens with one attached hydrogen (secondary N) is 1. The molecule has 0 saturated carbocycles. The summed E-state index contributed by atoms with van der Waals surface area (Å²) >= 11 is 1.55. The smallest absolute Gasteiger partial charge is 0.256 e. The number of thioether (sulfide) groups is 1. The van der Waals surface area contributed by atoms with Gasteiger partial charge in [0.15, 0.2) is 0 Å². The highest BCUT2D eigenvalue weighted by molar-refractivity contribution is 7.98. The lowest BCUT2D eigenvalue weighted by Gasteiger charge is -2.03. The second kappa shape index (κ2) is 5.72. The highest BCUT2D eigenvalue weighted by Gasteiger charge is 2.03. The van der Waals surface area contributed by atoms with Gasteiger partial charge in [0.05, 0.1) is 11.4 Å². The van der Waals surface area contributed by atoms with Crippen LogP contribution in [0.25, 0.3) is 0 Å². The first-order valence-corrected chi connectivity index (χ1v) is 6.51. The van der Waals surface area contributed by atoms with Gasteiger partial charge in [-0.1, -0.05) is 17.8 Å². The number of aromatic nitrogens is 2. The molecule has 0 aliphatic heterocycles. The van der Waals surface area contributed by atoms with Gasteiger partial charge in [0, 0.05) is 12.3 Å². The molecule has 0 amide bonds. The van der Waals surface area contributed by atoms with Gasteiger partial charge in [-0.15, -0.1) is 0 Å². The van der Waals surface area contributed by atoms with Crippen molar-refractivity contribution in [2.75, 3.05) is 11.9 Å². The third-order valence-corrected chi connectivity index (χ3v) is 2.98. The molecule has 0 aliphatic rings. The Morgan fingerprint density at radius 1 is 1.35 bits per heavy atom. The number of nitrogens with zero attached hydrogens (tertiary/aromatic N) is 2. The normalized spacial score (nSPS) is 10.5. The second-order valence-corrected chi connectivity index (χ2v) is 4.51. The Bertz CT molecular complexity index is 484. The zero-order valence-corrected chi connectivity index (χ0v) is 10.8. The number of hydrogen-bond acceptors (Lipinski definition) is 5. The van der Waals surface area contributed by atoms with Gasteiger partial charge in [-0.3, -0.25) is 0 Å². The van der Waals surface area contributed by atoms with E-state index in [0.717, 1.165) is 29.5 Å². The summed E-state index contributed by atoms with van der Waals surface area (Å²) in [6.45, 7) is 4.85. The maximum absolute atomic E-state index is 5.27. The van der Waals surface area contributed by atoms with E-state index in [-0.39, 0.29) is 0 Å². The fraction of sp³-hybridized carbons (Fsp3) is 0.333. The average Bonchev–Trinajstić information content (AvgIpc) is 2.74. The summed E-state index contributed by atoms with van der Waals surface area (Å²) in [6.07, 6.45) is 1.66. The van der Waals surface area contributed by atoms with E-state index in [9.17, 15) is 0 Å². The van der Waals surface area contributed by atoms with Gasteiger partial charge in [-0.05, 0) is 26.0 Å². The van der Waals surface area contributed by atoms with Gasteiger partial charge in [0.1, 0.15) is 12.1 Å². The number of pyridine rings is 1. The maximum Gasteiger partial charge on any atom is 0.256 e. The molecule has 0 unspecified atom stereocenters. The van der Waals surface area contributed by atoms with Crippen molar-refractivity contribution in [1.82, 2.24) is 9.97 Å². The first-order chi connectivity index (χ1) is 8.28. The molecule has 0 aromatic carbocycles. The van der Waals surface area contributed by atoms with Crippen LogP contribution in [0, 0.1) is 6.92 Å². The molecule has 1 N–H and O–H groups in total. The molecule has 90 valence electrons. The van der Waals surface area contributed by atoms with Crippen molar-refractivity contribution in [3.05, 3.63) is 35.9 Å². The minimum Gasteiger partial charge on any atom is -0.440 e. The summed E-state index contributed by atoms with van der Waals surface area (Å²) in [5.74, 6) is 1.67. The van der Waals surface area contributed by atoms with Crippen LogP contribution in [-0.4, -0.2) is 16.5 Å². The molecule has 5 heteroatoms. The highest BCUT2D eigenvalue weighted by atomic mass is 32.2. The van der Waals surface area contributed by atoms with Crippen molar-refractivity contribution in [2.24, 2.45) is 0 Å². The topological polar surface area (TPSA) is 51.0 Å². The van der Waals surface area contributed by atoms with Crippen molar-refractivity contribution in [2.45, 2.75) is 24.8 Å². The molecule has 0 spiro atoms. The van der Waals surface area contributed by atoms with Gasteiger partial charge in [-0.2, -0.15) is 0 Å². The molecule has 0 saturated heterocycles. The Hall–Kier alpha value is -1.49. The monoisotopic (exact) mass is 249 g/mol. The fourth-order valence-electron chi connectivity index (χ4n) is 1.37. The first-order valence-electron chi connectivity index (χ1n) is 5.52. The van der Waals surface area contributed by atoms with E-state index in [0.29, 0.717) is 5.22 Å². The van der Waals surface area contributed by atoms with E-state index in [1.165, 1.54) is 0 Å². The molecule has 2 heterocycles. The lowest BCUT2D eigenvalue weighted by atomic mass is 10.4. The predicted molar refractivity (Wildman–Crippen MR) is 69.2 cm³/mol. The minimum absolute atomic E-state index is 0.693. The molecular weight excluding hydrogens is 234 g/mol. The molecule has 0 fully saturated rings. The summed E-state index contributed by atoms with van der Waals surface area (Å²) in [7, 11) is 0. The van der Waals surface area contributed by atoms with E-state index < -0.39 is 0 Å². The number of hydrogen-bond donors (Lipinski definition) is 1. The predicted octanol–water partition coefficient (Wildman–Crippen LogP) is 3.10. The Morgan fingerprint density at radius 3 is 2.94 bits per heavy atom. The minimum atomic E-state index is 0.693. The van der Waals surface area contributed by atoms with Gasteiger partial charge in [0.25, 0.3) is 5.22 Å². The second-order valence-electron chi connectivity index (χ2n) is 3.59. The van der Waals surface area contributed by atoms with Crippen LogP contribution < -0.4 is 5.32 Å². The third kappa shape index (κ3) is 3.49. The molecule has 0 radical (unpaired) electrons. The van der Waals surface area contributed by atoms with Gasteiger partial charge in [0.2, 0.25) is 0 Å². The molecule has 2 aromatic rings. The van der Waals surface area contributed by atoms with Gasteiger partial charge in [-0.25, -0.2) is 9.97 Å². The van der Waals surface area contributed by atoms with E-state index in [4.69, 9.17) is 4.42 Å². The number of rotatable bonds is 5. The summed E-state index contributed by atoms with van der Waals surface area (Å²) in [4.78, 5) is 8.72. The quantitative estimate of drug-likeness (QED) is 0.825. The molecule has 0 atom stereocenters. The van der Waals surface area contributed by atoms with Crippen molar-refractivity contribution >= 4 is 17.6 Å². The van der Waals surface area contributed by atoms with Crippen molar-refractivity contribution in [3.63, 3.8) is 0 Å². The van der Waals surface area contributed by atoms with Crippen molar-refractivity contribution in [3.8, 4) is 0 Å². The number of oxazole rings is 1. The van der Waals surface area contributed by atoms with Crippen LogP contribution in [0.4, 0.5) is 5.82 Å². The number of aryl methyl sites for hydroxylation is 1. The molecule has 17 heavy (non-hydrogen) atoms. The van der Waals surface area contributed by atoms with Crippen LogP contribution in [0.15, 0.2) is 34.1 Å². The maximum atomic E-state index is 5.27. The van der Waals surface area contributed by atoms with Gasteiger partial charge >= 0.3 is 0 Å². The third-order valence-electron chi connectivity index (χ3n) is 2.11. The highest BCUT2D eigenvalue weighted by Crippen LogP contribution is 2.21. The van der Waals surface area contributed by atoms with E-state index in [2.05, 4.69) is 22.2 Å². The van der Waals surface area contributed by atoms with E-state index in [1.54, 1.807) is 18.0 Å². The van der Waals surface area contributed by atoms with Crippen LogP contribution in [0.2, 0.25) is 0 Å². The van der Waals surface area contributed by atoms with Crippen LogP contribution in [0.3, 0.4) is 0 Å². The summed E-state index contributed by atoms with van der Waals surface area (Å²) < 4.78 is 5.27. The zero-order valence-electron chi connectivity index (χ0n) is 9.93. The summed E-state index contributed by atoms with van der Waals surface area (Å²) in [5.41, 5.74) is 1.92. The summed E-state index contributed by atoms with van der Waals surface area (Å²) in [6, 6.07) is 5.97. The molecule has 0 bridgehead atoms. The van der Waals surface area contributed by atoms with Gasteiger partial charge < -0.3 is 9.73 Å². The standard InChI is InChI=1S/C12H15N3OS/c1-3-13-11-6-4-5-10(15-11)8-17-12-14-9(2)7-16-12/h4-7H,3,8H2,1-2H3,(H,13,15). The lowest BCUT2D eigenvalue weighted by molar-refractivity contribution is 0.454. The SMILES string of the molecule is CCNc1cccc(CSc2nc(C)co2)n1. The molecule has 2 aromatic heterocycles. The Balaban J connectivity index is 1.96. The Kier molecular flexibility index (Phi) is 4.03. The number of anilines is 1. The first kappa shape index (κ1) is 12.0. The molecular formula is C12H15N3OS. The van der Waals surface area contributed by atoms with Crippen LogP contribution >= 0.6 is 11.8 Å². The zero-order chi connectivity index (χ0) is 12.1. The van der Waals surface area contributed by atoms with E-state index >= 15 is 0 Å². The van der Waals surface area contributed by atoms with Crippen LogP contribution in [-0.2, 0) is 5.75 Å². The van der Waals surface area contributed by atoms with Crippen molar-refractivity contribution in [1.29, 1.82) is 0 Å². The average molecular weight is 249 g/mol. The Morgan fingerprint density at radius 2 is 2.24 bits per heavy atom. The van der Waals surface area contributed by atoms with Crippen LogP contribution in [0.5, 0.6) is 0 Å². The molecule has 0 aliphatic carbocycles. The Labute approximate surface area is 105 Å².